The van der Waals surface area contributed by atoms with Crippen molar-refractivity contribution in [3.8, 4) is 5.75 Å². The highest BCUT2D eigenvalue weighted by Crippen LogP contribution is 2.32. The number of benzene rings is 2. The van der Waals surface area contributed by atoms with Crippen LogP contribution >= 0.6 is 23.2 Å². The summed E-state index contributed by atoms with van der Waals surface area (Å²) in [4.78, 5) is 28.5. The van der Waals surface area contributed by atoms with Gasteiger partial charge in [-0.1, -0.05) is 40.5 Å². The van der Waals surface area contributed by atoms with Gasteiger partial charge in [-0.3, -0.25) is 15.0 Å². The second kappa shape index (κ2) is 11.3. The highest BCUT2D eigenvalue weighted by molar-refractivity contribution is 6.39. The molecule has 0 atom stereocenters. The van der Waals surface area contributed by atoms with E-state index in [4.69, 9.17) is 38.2 Å². The van der Waals surface area contributed by atoms with Gasteiger partial charge in [0.1, 0.15) is 18.7 Å². The van der Waals surface area contributed by atoms with E-state index in [-0.39, 0.29) is 34.6 Å². The van der Waals surface area contributed by atoms with Crippen LogP contribution in [-0.4, -0.2) is 37.6 Å². The van der Waals surface area contributed by atoms with Gasteiger partial charge in [0.25, 0.3) is 0 Å². The van der Waals surface area contributed by atoms with Crippen molar-refractivity contribution in [2.45, 2.75) is 19.8 Å². The molecule has 2 rings (SSSR count). The molecule has 10 heteroatoms. The Morgan fingerprint density at radius 2 is 1.81 bits per heavy atom. The summed E-state index contributed by atoms with van der Waals surface area (Å²) in [6.45, 7) is 1.35. The number of nitrogens with zero attached hydrogens (tertiary/aromatic N) is 1. The van der Waals surface area contributed by atoms with Gasteiger partial charge in [-0.25, -0.2) is 0 Å². The molecule has 0 aliphatic heterocycles. The van der Waals surface area contributed by atoms with Crippen molar-refractivity contribution < 1.29 is 19.2 Å². The average Bonchev–Trinajstić information content (AvgIpc) is 2.70. The van der Waals surface area contributed by atoms with Crippen molar-refractivity contribution in [3.63, 3.8) is 0 Å². The fourth-order valence-corrected chi connectivity index (χ4v) is 3.36. The smallest absolute Gasteiger partial charge is 0.231 e. The van der Waals surface area contributed by atoms with Crippen LogP contribution in [0.5, 0.6) is 5.75 Å². The van der Waals surface area contributed by atoms with Gasteiger partial charge in [-0.15, -0.1) is 0 Å². The molecule has 2 amide bonds. The van der Waals surface area contributed by atoms with E-state index >= 15 is 0 Å². The zero-order chi connectivity index (χ0) is 23.0. The highest BCUT2D eigenvalue weighted by Gasteiger charge is 2.15. The number of carbonyl (C=O) groups excluding carboxylic acids is 2. The lowest BCUT2D eigenvalue weighted by Gasteiger charge is -2.12. The third-order valence-corrected chi connectivity index (χ3v) is 4.60. The molecule has 164 valence electrons. The first-order chi connectivity index (χ1) is 14.7. The summed E-state index contributed by atoms with van der Waals surface area (Å²) in [5.41, 5.74) is 1.95. The van der Waals surface area contributed by atoms with Gasteiger partial charge < -0.3 is 20.2 Å². The number of rotatable bonds is 8. The van der Waals surface area contributed by atoms with Crippen molar-refractivity contribution in [1.29, 1.82) is 5.41 Å². The molecular weight excluding hydrogens is 443 g/mol. The number of hydrogen-bond donors (Lipinski definition) is 3. The summed E-state index contributed by atoms with van der Waals surface area (Å²) in [5.74, 6) is -0.172. The van der Waals surface area contributed by atoms with Crippen LogP contribution in [0.2, 0.25) is 10.0 Å². The molecule has 2 aromatic rings. The first kappa shape index (κ1) is 24.2. The van der Waals surface area contributed by atoms with E-state index in [1.54, 1.807) is 43.5 Å². The first-order valence-corrected chi connectivity index (χ1v) is 9.86. The van der Waals surface area contributed by atoms with Crippen LogP contribution in [0.3, 0.4) is 0 Å². The SMILES string of the molecule is CO/N=C(/CC(=O)NC(=N)Cc1cc(Cl)c(NC(C)=O)c(Cl)c1)c1cccc(OC)c1. The van der Waals surface area contributed by atoms with Crippen LogP contribution < -0.4 is 15.4 Å². The Hall–Kier alpha value is -3.10. The van der Waals surface area contributed by atoms with Crippen molar-refractivity contribution >= 4 is 52.3 Å². The molecule has 31 heavy (non-hydrogen) atoms. The quantitative estimate of drug-likeness (QED) is 0.310. The van der Waals surface area contributed by atoms with Crippen LogP contribution in [0, 0.1) is 5.41 Å². The molecule has 0 fully saturated rings. The molecule has 2 aromatic carbocycles. The molecule has 0 bridgehead atoms. The predicted molar refractivity (Wildman–Crippen MR) is 121 cm³/mol. The molecule has 0 saturated carbocycles. The predicted octanol–water partition coefficient (Wildman–Crippen LogP) is 4.04. The summed E-state index contributed by atoms with van der Waals surface area (Å²) < 4.78 is 5.19. The third kappa shape index (κ3) is 7.27. The van der Waals surface area contributed by atoms with Crippen LogP contribution in [0.4, 0.5) is 5.69 Å². The van der Waals surface area contributed by atoms with Crippen LogP contribution in [0.1, 0.15) is 24.5 Å². The maximum absolute atomic E-state index is 12.4. The van der Waals surface area contributed by atoms with Gasteiger partial charge in [0.05, 0.1) is 35.0 Å². The second-order valence-corrected chi connectivity index (χ2v) is 7.26. The monoisotopic (exact) mass is 464 g/mol. The number of oxime groups is 1. The topological polar surface area (TPSA) is 113 Å². The number of methoxy groups -OCH3 is 1. The van der Waals surface area contributed by atoms with E-state index in [9.17, 15) is 9.59 Å². The van der Waals surface area contributed by atoms with Gasteiger partial charge in [0, 0.05) is 18.9 Å². The van der Waals surface area contributed by atoms with E-state index in [2.05, 4.69) is 15.8 Å². The Bertz CT molecular complexity index is 1000. The molecule has 0 aliphatic carbocycles. The standard InChI is InChI=1S/C21H22Cl2N4O4/c1-12(28)25-21-16(22)7-13(8-17(21)23)9-19(24)26-20(29)11-18(27-31-3)14-5-4-6-15(10-14)30-2/h4-8,10H,9,11H2,1-3H3,(H,25,28)(H2,24,26,29)/b27-18-. The Labute approximate surface area is 190 Å². The minimum atomic E-state index is -0.435. The summed E-state index contributed by atoms with van der Waals surface area (Å²) in [6, 6.07) is 10.2. The summed E-state index contributed by atoms with van der Waals surface area (Å²) >= 11 is 12.3. The summed E-state index contributed by atoms with van der Waals surface area (Å²) in [6.07, 6.45) is -0.0200. The molecule has 8 nitrogen and oxygen atoms in total. The van der Waals surface area contributed by atoms with Gasteiger partial charge in [-0.05, 0) is 29.8 Å². The van der Waals surface area contributed by atoms with Crippen LogP contribution in [0.15, 0.2) is 41.6 Å². The Balaban J connectivity index is 2.05. The molecule has 0 aliphatic rings. The molecule has 0 radical (unpaired) electrons. The van der Waals surface area contributed by atoms with Crippen LogP contribution in [0.25, 0.3) is 0 Å². The fraction of sp³-hybridized carbons (Fsp3) is 0.238. The van der Waals surface area contributed by atoms with E-state index in [0.29, 0.717) is 28.3 Å². The molecule has 0 heterocycles. The van der Waals surface area contributed by atoms with Gasteiger partial charge in [0.2, 0.25) is 11.8 Å². The largest absolute Gasteiger partial charge is 0.497 e. The number of halogens is 2. The molecular formula is C21H22Cl2N4O4. The maximum atomic E-state index is 12.4. The number of hydrogen-bond acceptors (Lipinski definition) is 6. The molecule has 0 aromatic heterocycles. The highest BCUT2D eigenvalue weighted by atomic mass is 35.5. The van der Waals surface area contributed by atoms with Gasteiger partial charge >= 0.3 is 0 Å². The lowest BCUT2D eigenvalue weighted by molar-refractivity contribution is -0.118. The summed E-state index contributed by atoms with van der Waals surface area (Å²) in [5, 5.41) is 17.6. The zero-order valence-electron chi connectivity index (χ0n) is 17.2. The average molecular weight is 465 g/mol. The zero-order valence-corrected chi connectivity index (χ0v) is 18.7. The third-order valence-electron chi connectivity index (χ3n) is 4.01. The number of anilines is 1. The molecule has 0 spiro atoms. The Kier molecular flexibility index (Phi) is 8.84. The van der Waals surface area contributed by atoms with Crippen molar-refractivity contribution in [2.75, 3.05) is 19.5 Å². The normalized spacial score (nSPS) is 10.9. The van der Waals surface area contributed by atoms with E-state index in [1.807, 2.05) is 0 Å². The molecule has 0 unspecified atom stereocenters. The summed E-state index contributed by atoms with van der Waals surface area (Å²) in [7, 11) is 2.93. The Morgan fingerprint density at radius 3 is 2.39 bits per heavy atom. The lowest BCUT2D eigenvalue weighted by Crippen LogP contribution is -2.32. The van der Waals surface area contributed by atoms with E-state index in [0.717, 1.165) is 0 Å². The van der Waals surface area contributed by atoms with E-state index < -0.39 is 5.91 Å². The molecule has 3 N–H and O–H groups in total. The van der Waals surface area contributed by atoms with Crippen molar-refractivity contribution in [1.82, 2.24) is 5.32 Å². The molecule has 0 saturated heterocycles. The van der Waals surface area contributed by atoms with Gasteiger partial charge in [-0.2, -0.15) is 0 Å². The number of amides is 2. The fourth-order valence-electron chi connectivity index (χ4n) is 2.74. The van der Waals surface area contributed by atoms with Crippen molar-refractivity contribution in [3.05, 3.63) is 57.6 Å². The minimum absolute atomic E-state index is 0.0492. The van der Waals surface area contributed by atoms with Crippen LogP contribution in [-0.2, 0) is 20.8 Å². The number of nitrogens with one attached hydrogen (secondary N) is 3. The maximum Gasteiger partial charge on any atom is 0.231 e. The number of amidine groups is 1. The minimum Gasteiger partial charge on any atom is -0.497 e. The first-order valence-electron chi connectivity index (χ1n) is 9.10. The van der Waals surface area contributed by atoms with Gasteiger partial charge in [0.15, 0.2) is 0 Å². The lowest BCUT2D eigenvalue weighted by atomic mass is 10.1. The number of ether oxygens (including phenoxy) is 1. The number of carbonyl (C=O) groups is 2. The van der Waals surface area contributed by atoms with E-state index in [1.165, 1.54) is 14.0 Å². The van der Waals surface area contributed by atoms with Crippen molar-refractivity contribution in [2.24, 2.45) is 5.16 Å². The second-order valence-electron chi connectivity index (χ2n) is 6.45. The Morgan fingerprint density at radius 1 is 1.13 bits per heavy atom.